The van der Waals surface area contributed by atoms with Gasteiger partial charge in [0.1, 0.15) is 0 Å². The van der Waals surface area contributed by atoms with E-state index in [4.69, 9.17) is 23.4 Å². The van der Waals surface area contributed by atoms with Crippen molar-refractivity contribution in [3.05, 3.63) is 0 Å². The van der Waals surface area contributed by atoms with Gasteiger partial charge in [0, 0.05) is 20.3 Å². The maximum atomic E-state index is 5.53. The Bertz CT molecular complexity index is 214. The fourth-order valence-corrected chi connectivity index (χ4v) is 2.81. The minimum absolute atomic E-state index is 0.612. The van der Waals surface area contributed by atoms with E-state index in [0.717, 1.165) is 32.1 Å². The van der Waals surface area contributed by atoms with Gasteiger partial charge in [0.05, 0.1) is 39.6 Å². The molecule has 0 unspecified atom stereocenters. The molecule has 0 saturated carbocycles. The normalized spacial score (nSPS) is 12.0. The molecular formula is C15H34O5Si. The highest BCUT2D eigenvalue weighted by molar-refractivity contribution is 6.71. The SMILES string of the molecule is CCCOCCOCCOCCOCCC[Si](C)(C)OC. The number of rotatable bonds is 16. The van der Waals surface area contributed by atoms with Crippen molar-refractivity contribution in [3.8, 4) is 0 Å². The molecule has 0 bridgehead atoms. The third-order valence-corrected chi connectivity index (χ3v) is 5.75. The van der Waals surface area contributed by atoms with E-state index in [1.165, 1.54) is 0 Å². The van der Waals surface area contributed by atoms with Crippen molar-refractivity contribution in [1.29, 1.82) is 0 Å². The van der Waals surface area contributed by atoms with Gasteiger partial charge in [0.15, 0.2) is 8.32 Å². The molecule has 0 fully saturated rings. The quantitative estimate of drug-likeness (QED) is 0.323. The van der Waals surface area contributed by atoms with Crippen LogP contribution >= 0.6 is 0 Å². The van der Waals surface area contributed by atoms with E-state index < -0.39 is 8.32 Å². The first-order valence-corrected chi connectivity index (χ1v) is 11.1. The Hall–Kier alpha value is 0.0169. The van der Waals surface area contributed by atoms with Gasteiger partial charge in [-0.15, -0.1) is 0 Å². The Morgan fingerprint density at radius 2 is 1.10 bits per heavy atom. The zero-order valence-corrected chi connectivity index (χ0v) is 15.3. The van der Waals surface area contributed by atoms with Gasteiger partial charge in [-0.3, -0.25) is 0 Å². The average molecular weight is 323 g/mol. The Kier molecular flexibility index (Phi) is 14.9. The van der Waals surface area contributed by atoms with Crippen molar-refractivity contribution in [1.82, 2.24) is 0 Å². The van der Waals surface area contributed by atoms with Crippen molar-refractivity contribution >= 4 is 8.32 Å². The van der Waals surface area contributed by atoms with E-state index in [0.29, 0.717) is 39.6 Å². The van der Waals surface area contributed by atoms with Crippen LogP contribution in [0.5, 0.6) is 0 Å². The van der Waals surface area contributed by atoms with Crippen molar-refractivity contribution in [2.45, 2.75) is 38.9 Å². The minimum Gasteiger partial charge on any atom is -0.420 e. The molecule has 21 heavy (non-hydrogen) atoms. The molecule has 0 aliphatic heterocycles. The number of hydrogen-bond donors (Lipinski definition) is 0. The van der Waals surface area contributed by atoms with Crippen LogP contribution in [0.1, 0.15) is 19.8 Å². The van der Waals surface area contributed by atoms with Crippen molar-refractivity contribution in [2.24, 2.45) is 0 Å². The molecule has 0 spiro atoms. The first kappa shape index (κ1) is 21.0. The molecule has 0 saturated heterocycles. The van der Waals surface area contributed by atoms with Crippen LogP contribution in [0.2, 0.25) is 19.1 Å². The Morgan fingerprint density at radius 1 is 0.667 bits per heavy atom. The molecule has 128 valence electrons. The summed E-state index contributed by atoms with van der Waals surface area (Å²) in [5.74, 6) is 0. The van der Waals surface area contributed by atoms with Gasteiger partial charge in [0.2, 0.25) is 0 Å². The molecule has 5 nitrogen and oxygen atoms in total. The van der Waals surface area contributed by atoms with Gasteiger partial charge in [0.25, 0.3) is 0 Å². The summed E-state index contributed by atoms with van der Waals surface area (Å²) in [5.41, 5.74) is 0. The summed E-state index contributed by atoms with van der Waals surface area (Å²) < 4.78 is 27.1. The molecule has 0 N–H and O–H groups in total. The van der Waals surface area contributed by atoms with Gasteiger partial charge in [-0.25, -0.2) is 0 Å². The lowest BCUT2D eigenvalue weighted by molar-refractivity contribution is -0.00169. The van der Waals surface area contributed by atoms with Crippen LogP contribution in [-0.2, 0) is 23.4 Å². The van der Waals surface area contributed by atoms with Crippen LogP contribution in [0.25, 0.3) is 0 Å². The summed E-state index contributed by atoms with van der Waals surface area (Å²) in [7, 11) is 0.386. The van der Waals surface area contributed by atoms with Crippen LogP contribution in [0, 0.1) is 0 Å². The molecule has 0 radical (unpaired) electrons. The summed E-state index contributed by atoms with van der Waals surface area (Å²) in [6, 6.07) is 1.14. The average Bonchev–Trinajstić information content (AvgIpc) is 2.47. The highest BCUT2D eigenvalue weighted by Gasteiger charge is 2.19. The molecule has 0 aliphatic rings. The van der Waals surface area contributed by atoms with Crippen molar-refractivity contribution in [2.75, 3.05) is 60.0 Å². The largest absolute Gasteiger partial charge is 0.420 e. The Morgan fingerprint density at radius 3 is 1.52 bits per heavy atom. The standard InChI is InChI=1S/C15H34O5Si/c1-5-7-17-9-11-19-13-14-20-12-10-18-8-6-15-21(3,4)16-2/h5-15H2,1-4H3. The maximum Gasteiger partial charge on any atom is 0.186 e. The lowest BCUT2D eigenvalue weighted by Gasteiger charge is -2.19. The fraction of sp³-hybridized carbons (Fsp3) is 1.00. The second-order valence-corrected chi connectivity index (χ2v) is 9.94. The monoisotopic (exact) mass is 322 g/mol. The Balaban J connectivity index is 3.06. The maximum absolute atomic E-state index is 5.53. The first-order chi connectivity index (χ1) is 10.1. The third-order valence-electron chi connectivity index (χ3n) is 3.08. The molecule has 0 aliphatic carbocycles. The summed E-state index contributed by atoms with van der Waals surface area (Å²) in [5, 5.41) is 0. The predicted molar refractivity (Wildman–Crippen MR) is 87.5 cm³/mol. The van der Waals surface area contributed by atoms with Crippen LogP contribution in [0.4, 0.5) is 0 Å². The van der Waals surface area contributed by atoms with Crippen molar-refractivity contribution in [3.63, 3.8) is 0 Å². The highest BCUT2D eigenvalue weighted by atomic mass is 28.4. The molecular weight excluding hydrogens is 288 g/mol. The summed E-state index contributed by atoms with van der Waals surface area (Å²) >= 11 is 0. The van der Waals surface area contributed by atoms with E-state index in [9.17, 15) is 0 Å². The van der Waals surface area contributed by atoms with Gasteiger partial charge < -0.3 is 23.4 Å². The molecule has 0 rings (SSSR count). The van der Waals surface area contributed by atoms with Gasteiger partial charge in [-0.2, -0.15) is 0 Å². The second-order valence-electron chi connectivity index (χ2n) is 5.52. The zero-order valence-electron chi connectivity index (χ0n) is 14.3. The van der Waals surface area contributed by atoms with Crippen LogP contribution < -0.4 is 0 Å². The topological polar surface area (TPSA) is 46.2 Å². The van der Waals surface area contributed by atoms with E-state index >= 15 is 0 Å². The summed E-state index contributed by atoms with van der Waals surface area (Å²) in [6.07, 6.45) is 2.11. The van der Waals surface area contributed by atoms with Crippen LogP contribution in [0.3, 0.4) is 0 Å². The zero-order chi connectivity index (χ0) is 15.8. The lowest BCUT2D eigenvalue weighted by atomic mass is 10.5. The van der Waals surface area contributed by atoms with Crippen molar-refractivity contribution < 1.29 is 23.4 Å². The van der Waals surface area contributed by atoms with E-state index in [1.807, 2.05) is 0 Å². The van der Waals surface area contributed by atoms with Crippen LogP contribution in [0.15, 0.2) is 0 Å². The molecule has 0 amide bonds. The summed E-state index contributed by atoms with van der Waals surface area (Å²) in [6.45, 7) is 11.9. The number of ether oxygens (including phenoxy) is 4. The smallest absolute Gasteiger partial charge is 0.186 e. The van der Waals surface area contributed by atoms with Gasteiger partial charge in [-0.1, -0.05) is 6.92 Å². The molecule has 6 heteroatoms. The molecule has 0 aromatic rings. The molecule has 0 atom stereocenters. The molecule has 0 aromatic heterocycles. The summed E-state index contributed by atoms with van der Waals surface area (Å²) in [4.78, 5) is 0. The van der Waals surface area contributed by atoms with E-state index in [-0.39, 0.29) is 0 Å². The Labute approximate surface area is 131 Å². The molecule has 0 heterocycles. The predicted octanol–water partition coefficient (Wildman–Crippen LogP) is 2.70. The third kappa shape index (κ3) is 16.2. The lowest BCUT2D eigenvalue weighted by Crippen LogP contribution is -2.28. The van der Waals surface area contributed by atoms with E-state index in [2.05, 4.69) is 20.0 Å². The first-order valence-electron chi connectivity index (χ1n) is 7.98. The van der Waals surface area contributed by atoms with Gasteiger partial charge in [-0.05, 0) is 32.0 Å². The minimum atomic E-state index is -1.42. The van der Waals surface area contributed by atoms with Crippen LogP contribution in [-0.4, -0.2) is 68.3 Å². The fourth-order valence-electron chi connectivity index (χ4n) is 1.61. The number of hydrogen-bond acceptors (Lipinski definition) is 5. The van der Waals surface area contributed by atoms with E-state index in [1.54, 1.807) is 7.11 Å². The second kappa shape index (κ2) is 14.9. The highest BCUT2D eigenvalue weighted by Crippen LogP contribution is 2.11. The van der Waals surface area contributed by atoms with Gasteiger partial charge >= 0.3 is 0 Å². The molecule has 0 aromatic carbocycles.